The number of anilines is 1. The van der Waals surface area contributed by atoms with Gasteiger partial charge in [-0.2, -0.15) is 4.31 Å². The number of aryl methyl sites for hydroxylation is 2. The molecule has 1 aromatic heterocycles. The maximum Gasteiger partial charge on any atom is 0.244 e. The molecule has 2 aliphatic rings. The molecule has 1 saturated heterocycles. The first-order valence-electron chi connectivity index (χ1n) is 9.92. The number of amides is 1. The van der Waals surface area contributed by atoms with Gasteiger partial charge in [0.05, 0.1) is 22.2 Å². The number of ether oxygens (including phenoxy) is 2. The van der Waals surface area contributed by atoms with E-state index in [9.17, 15) is 13.2 Å². The summed E-state index contributed by atoms with van der Waals surface area (Å²) in [5.74, 6) is 0.880. The number of nitrogens with zero attached hydrogens (tertiary/aromatic N) is 2. The van der Waals surface area contributed by atoms with Crippen molar-refractivity contribution in [3.63, 3.8) is 0 Å². The number of benzene rings is 1. The predicted octanol–water partition coefficient (Wildman–Crippen LogP) is 2.73. The highest BCUT2D eigenvalue weighted by Gasteiger charge is 2.31. The number of piperazine rings is 1. The van der Waals surface area contributed by atoms with Gasteiger partial charge in [0.25, 0.3) is 0 Å². The van der Waals surface area contributed by atoms with Gasteiger partial charge in [-0.3, -0.25) is 9.69 Å². The number of hydrogen-bond acceptors (Lipinski definition) is 7. The first kappa shape index (κ1) is 22.3. The number of carbonyl (C=O) groups excluding carboxylic acids is 1. The van der Waals surface area contributed by atoms with Crippen LogP contribution < -0.4 is 14.8 Å². The van der Waals surface area contributed by atoms with Crippen molar-refractivity contribution >= 4 is 44.6 Å². The van der Waals surface area contributed by atoms with Gasteiger partial charge >= 0.3 is 0 Å². The van der Waals surface area contributed by atoms with Crippen LogP contribution >= 0.6 is 22.9 Å². The summed E-state index contributed by atoms with van der Waals surface area (Å²) in [6.45, 7) is 6.42. The van der Waals surface area contributed by atoms with Crippen LogP contribution in [0.3, 0.4) is 0 Å². The summed E-state index contributed by atoms with van der Waals surface area (Å²) in [5.41, 5.74) is 0.459. The van der Waals surface area contributed by atoms with Crippen molar-refractivity contribution in [1.29, 1.82) is 0 Å². The van der Waals surface area contributed by atoms with E-state index in [-0.39, 0.29) is 12.5 Å². The number of nitrogens with one attached hydrogen (secondary N) is 1. The predicted molar refractivity (Wildman–Crippen MR) is 120 cm³/mol. The number of halogens is 1. The standard InChI is InChI=1S/C20H24ClN3O5S2/c1-13-9-19(14(2)30-13)31(26,27)24-5-3-23(4-6-24)12-20(25)22-16-11-18-17(10-15(16)21)28-7-8-29-18/h9-11H,3-8,12H2,1-2H3,(H,22,25). The maximum atomic E-state index is 12.9. The molecule has 0 aliphatic carbocycles. The minimum absolute atomic E-state index is 0.148. The Morgan fingerprint density at radius 3 is 2.35 bits per heavy atom. The molecule has 1 aromatic carbocycles. The van der Waals surface area contributed by atoms with Crippen LogP contribution in [0.2, 0.25) is 5.02 Å². The van der Waals surface area contributed by atoms with Crippen LogP contribution in [0.1, 0.15) is 9.75 Å². The van der Waals surface area contributed by atoms with Crippen LogP contribution in [0.25, 0.3) is 0 Å². The molecular formula is C20H24ClN3O5S2. The topological polar surface area (TPSA) is 88.2 Å². The van der Waals surface area contributed by atoms with Gasteiger partial charge in [-0.25, -0.2) is 8.42 Å². The maximum absolute atomic E-state index is 12.9. The number of hydrogen-bond donors (Lipinski definition) is 1. The van der Waals surface area contributed by atoms with Gasteiger partial charge in [0.2, 0.25) is 15.9 Å². The monoisotopic (exact) mass is 485 g/mol. The van der Waals surface area contributed by atoms with Crippen LogP contribution in [0.15, 0.2) is 23.1 Å². The average Bonchev–Trinajstić information content (AvgIpc) is 3.08. The van der Waals surface area contributed by atoms with Crippen molar-refractivity contribution in [2.24, 2.45) is 0 Å². The Bertz CT molecular complexity index is 1090. The Hall–Kier alpha value is -1.85. The number of thiophene rings is 1. The third-order valence-corrected chi connectivity index (χ3v) is 8.65. The van der Waals surface area contributed by atoms with Crippen molar-refractivity contribution in [3.8, 4) is 11.5 Å². The Kier molecular flexibility index (Phi) is 6.45. The molecule has 0 saturated carbocycles. The van der Waals surface area contributed by atoms with E-state index in [2.05, 4.69) is 5.32 Å². The first-order chi connectivity index (χ1) is 14.7. The summed E-state index contributed by atoms with van der Waals surface area (Å²) >= 11 is 7.74. The summed E-state index contributed by atoms with van der Waals surface area (Å²) in [7, 11) is -3.51. The third kappa shape index (κ3) is 4.83. The van der Waals surface area contributed by atoms with Crippen molar-refractivity contribution in [1.82, 2.24) is 9.21 Å². The molecule has 0 unspecified atom stereocenters. The molecule has 11 heteroatoms. The lowest BCUT2D eigenvalue weighted by Gasteiger charge is -2.33. The minimum Gasteiger partial charge on any atom is -0.486 e. The van der Waals surface area contributed by atoms with Crippen LogP contribution in [-0.4, -0.2) is 69.5 Å². The molecule has 8 nitrogen and oxygen atoms in total. The van der Waals surface area contributed by atoms with Crippen molar-refractivity contribution in [2.45, 2.75) is 18.7 Å². The molecule has 2 aromatic rings. The number of carbonyl (C=O) groups is 1. The second kappa shape index (κ2) is 8.95. The molecule has 1 fully saturated rings. The van der Waals surface area contributed by atoms with E-state index in [1.807, 2.05) is 18.7 Å². The largest absolute Gasteiger partial charge is 0.486 e. The number of fused-ring (bicyclic) bond motifs is 1. The number of sulfonamides is 1. The molecule has 3 heterocycles. The van der Waals surface area contributed by atoms with E-state index in [4.69, 9.17) is 21.1 Å². The van der Waals surface area contributed by atoms with Crippen LogP contribution in [0, 0.1) is 13.8 Å². The van der Waals surface area contributed by atoms with E-state index < -0.39 is 10.0 Å². The van der Waals surface area contributed by atoms with Crippen molar-refractivity contribution in [3.05, 3.63) is 33.0 Å². The SMILES string of the molecule is Cc1cc(S(=O)(=O)N2CCN(CC(=O)Nc3cc4c(cc3Cl)OCCO4)CC2)c(C)s1. The molecule has 4 rings (SSSR count). The summed E-state index contributed by atoms with van der Waals surface area (Å²) in [6.07, 6.45) is 0. The van der Waals surface area contributed by atoms with Gasteiger partial charge in [0, 0.05) is 48.1 Å². The van der Waals surface area contributed by atoms with E-state index in [1.165, 1.54) is 15.6 Å². The summed E-state index contributed by atoms with van der Waals surface area (Å²) < 4.78 is 38.4. The quantitative estimate of drug-likeness (QED) is 0.700. The fraction of sp³-hybridized carbons (Fsp3) is 0.450. The zero-order valence-electron chi connectivity index (χ0n) is 17.3. The van der Waals surface area contributed by atoms with E-state index in [1.54, 1.807) is 18.2 Å². The second-order valence-corrected chi connectivity index (χ2v) is 11.3. The van der Waals surface area contributed by atoms with Crippen molar-refractivity contribution in [2.75, 3.05) is 51.3 Å². The van der Waals surface area contributed by atoms with Gasteiger partial charge in [0.1, 0.15) is 13.2 Å². The normalized spacial score (nSPS) is 17.5. The molecule has 0 atom stereocenters. The Labute approximate surface area is 190 Å². The molecule has 0 radical (unpaired) electrons. The van der Waals surface area contributed by atoms with Gasteiger partial charge in [-0.15, -0.1) is 11.3 Å². The summed E-state index contributed by atoms with van der Waals surface area (Å²) in [4.78, 5) is 16.6. The Morgan fingerprint density at radius 2 is 1.74 bits per heavy atom. The van der Waals surface area contributed by atoms with Crippen LogP contribution in [0.4, 0.5) is 5.69 Å². The van der Waals surface area contributed by atoms with Crippen LogP contribution in [-0.2, 0) is 14.8 Å². The zero-order valence-corrected chi connectivity index (χ0v) is 19.7. The zero-order chi connectivity index (χ0) is 22.2. The Morgan fingerprint density at radius 1 is 1.10 bits per heavy atom. The number of rotatable bonds is 5. The minimum atomic E-state index is -3.51. The smallest absolute Gasteiger partial charge is 0.244 e. The lowest BCUT2D eigenvalue weighted by molar-refractivity contribution is -0.117. The third-order valence-electron chi connectivity index (χ3n) is 5.22. The highest BCUT2D eigenvalue weighted by molar-refractivity contribution is 7.89. The molecular weight excluding hydrogens is 462 g/mol. The lowest BCUT2D eigenvalue weighted by atomic mass is 10.2. The lowest BCUT2D eigenvalue weighted by Crippen LogP contribution is -2.50. The molecule has 1 N–H and O–H groups in total. The van der Waals surface area contributed by atoms with E-state index >= 15 is 0 Å². The molecule has 1 amide bonds. The average molecular weight is 486 g/mol. The van der Waals surface area contributed by atoms with Crippen LogP contribution in [0.5, 0.6) is 11.5 Å². The molecule has 0 spiro atoms. The molecule has 168 valence electrons. The van der Waals surface area contributed by atoms with Gasteiger partial charge < -0.3 is 14.8 Å². The first-order valence-corrected chi connectivity index (χ1v) is 12.6. The van der Waals surface area contributed by atoms with E-state index in [0.29, 0.717) is 66.5 Å². The van der Waals surface area contributed by atoms with Gasteiger partial charge in [-0.1, -0.05) is 11.6 Å². The molecule has 2 aliphatic heterocycles. The fourth-order valence-corrected chi connectivity index (χ4v) is 6.83. The molecule has 31 heavy (non-hydrogen) atoms. The van der Waals surface area contributed by atoms with E-state index in [0.717, 1.165) is 9.75 Å². The highest BCUT2D eigenvalue weighted by Crippen LogP contribution is 2.38. The van der Waals surface area contributed by atoms with Crippen molar-refractivity contribution < 1.29 is 22.7 Å². The summed E-state index contributed by atoms with van der Waals surface area (Å²) in [5, 5.41) is 3.18. The van der Waals surface area contributed by atoms with Gasteiger partial charge in [-0.05, 0) is 19.9 Å². The molecule has 0 bridgehead atoms. The van der Waals surface area contributed by atoms with Gasteiger partial charge in [0.15, 0.2) is 11.5 Å². The fourth-order valence-electron chi connectivity index (χ4n) is 3.68. The second-order valence-electron chi connectivity index (χ2n) is 7.48. The highest BCUT2D eigenvalue weighted by atomic mass is 35.5. The summed E-state index contributed by atoms with van der Waals surface area (Å²) in [6, 6.07) is 5.01. The Balaban J connectivity index is 1.34.